The first-order chi connectivity index (χ1) is 6.86. The molecule has 2 atom stereocenters. The van der Waals surface area contributed by atoms with Crippen molar-refractivity contribution < 1.29 is 0 Å². The topological polar surface area (TPSA) is 12.0 Å². The lowest BCUT2D eigenvalue weighted by Crippen LogP contribution is -2.36. The van der Waals surface area contributed by atoms with Gasteiger partial charge in [0.1, 0.15) is 0 Å². The van der Waals surface area contributed by atoms with E-state index in [1.807, 2.05) is 23.5 Å². The molecular formula is C11H23NS2. The SMILES string of the molecule is CCSCCNC1CCCC(SC)C1. The average Bonchev–Trinajstić information content (AvgIpc) is 2.25. The van der Waals surface area contributed by atoms with Gasteiger partial charge in [0.05, 0.1) is 0 Å². The maximum Gasteiger partial charge on any atom is 0.00779 e. The van der Waals surface area contributed by atoms with E-state index in [-0.39, 0.29) is 0 Å². The van der Waals surface area contributed by atoms with Crippen LogP contribution in [0.3, 0.4) is 0 Å². The Morgan fingerprint density at radius 1 is 1.36 bits per heavy atom. The molecule has 0 spiro atoms. The van der Waals surface area contributed by atoms with Crippen molar-refractivity contribution in [3.8, 4) is 0 Å². The van der Waals surface area contributed by atoms with Crippen molar-refractivity contribution in [1.29, 1.82) is 0 Å². The Hall–Kier alpha value is 0.660. The summed E-state index contributed by atoms with van der Waals surface area (Å²) >= 11 is 4.08. The molecule has 0 bridgehead atoms. The van der Waals surface area contributed by atoms with Crippen LogP contribution in [0.15, 0.2) is 0 Å². The number of thioether (sulfide) groups is 2. The standard InChI is InChI=1S/C11H23NS2/c1-3-14-8-7-12-10-5-4-6-11(9-10)13-2/h10-12H,3-9H2,1-2H3. The van der Waals surface area contributed by atoms with E-state index < -0.39 is 0 Å². The molecule has 1 nitrogen and oxygen atoms in total. The quantitative estimate of drug-likeness (QED) is 0.708. The third-order valence-electron chi connectivity index (χ3n) is 2.84. The molecule has 2 unspecified atom stereocenters. The van der Waals surface area contributed by atoms with Crippen molar-refractivity contribution in [3.05, 3.63) is 0 Å². The molecule has 1 N–H and O–H groups in total. The lowest BCUT2D eigenvalue weighted by Gasteiger charge is -2.28. The number of hydrogen-bond acceptors (Lipinski definition) is 3. The molecule has 1 aliphatic carbocycles. The molecule has 0 aromatic rings. The van der Waals surface area contributed by atoms with Crippen molar-refractivity contribution in [1.82, 2.24) is 5.32 Å². The molecule has 3 heteroatoms. The van der Waals surface area contributed by atoms with Gasteiger partial charge in [-0.25, -0.2) is 0 Å². The van der Waals surface area contributed by atoms with Crippen LogP contribution in [0.5, 0.6) is 0 Å². The largest absolute Gasteiger partial charge is 0.313 e. The van der Waals surface area contributed by atoms with Gasteiger partial charge in [-0.3, -0.25) is 0 Å². The molecule has 1 fully saturated rings. The van der Waals surface area contributed by atoms with Gasteiger partial charge in [-0.15, -0.1) is 0 Å². The van der Waals surface area contributed by atoms with Crippen molar-refractivity contribution in [2.75, 3.05) is 24.3 Å². The minimum atomic E-state index is 0.804. The second-order valence-corrected chi connectivity index (χ2v) is 6.40. The zero-order chi connectivity index (χ0) is 10.2. The van der Waals surface area contributed by atoms with E-state index in [1.54, 1.807) is 0 Å². The summed E-state index contributed by atoms with van der Waals surface area (Å²) in [5, 5.41) is 4.60. The molecule has 0 amide bonds. The molecule has 0 saturated heterocycles. The fourth-order valence-corrected chi connectivity index (χ4v) is 3.40. The zero-order valence-electron chi connectivity index (χ0n) is 9.42. The van der Waals surface area contributed by atoms with Crippen LogP contribution >= 0.6 is 23.5 Å². The predicted molar refractivity (Wildman–Crippen MR) is 70.6 cm³/mol. The minimum Gasteiger partial charge on any atom is -0.313 e. The van der Waals surface area contributed by atoms with Gasteiger partial charge in [0.25, 0.3) is 0 Å². The highest BCUT2D eigenvalue weighted by molar-refractivity contribution is 7.99. The molecule has 1 saturated carbocycles. The fraction of sp³-hybridized carbons (Fsp3) is 1.00. The van der Waals surface area contributed by atoms with Crippen molar-refractivity contribution in [2.24, 2.45) is 0 Å². The maximum atomic E-state index is 3.69. The number of nitrogens with one attached hydrogen (secondary N) is 1. The third-order valence-corrected chi connectivity index (χ3v) is 4.84. The Labute approximate surface area is 97.2 Å². The fourth-order valence-electron chi connectivity index (χ4n) is 2.02. The van der Waals surface area contributed by atoms with Gasteiger partial charge in [-0.05, 0) is 31.3 Å². The van der Waals surface area contributed by atoms with Gasteiger partial charge in [0, 0.05) is 23.6 Å². The highest BCUT2D eigenvalue weighted by Gasteiger charge is 2.20. The monoisotopic (exact) mass is 233 g/mol. The average molecular weight is 233 g/mol. The Morgan fingerprint density at radius 2 is 2.21 bits per heavy atom. The zero-order valence-corrected chi connectivity index (χ0v) is 11.1. The maximum absolute atomic E-state index is 3.69. The molecule has 1 rings (SSSR count). The summed E-state index contributed by atoms with van der Waals surface area (Å²) in [5.41, 5.74) is 0. The molecular weight excluding hydrogens is 210 g/mol. The Morgan fingerprint density at radius 3 is 2.93 bits per heavy atom. The molecule has 0 radical (unpaired) electrons. The highest BCUT2D eigenvalue weighted by Crippen LogP contribution is 2.26. The summed E-state index contributed by atoms with van der Waals surface area (Å²) in [6.07, 6.45) is 7.89. The molecule has 0 aromatic heterocycles. The molecule has 14 heavy (non-hydrogen) atoms. The van der Waals surface area contributed by atoms with E-state index in [4.69, 9.17) is 0 Å². The first-order valence-electron chi connectivity index (χ1n) is 5.70. The van der Waals surface area contributed by atoms with Crippen LogP contribution in [0.25, 0.3) is 0 Å². The first kappa shape index (κ1) is 12.7. The van der Waals surface area contributed by atoms with E-state index in [1.165, 1.54) is 43.7 Å². The van der Waals surface area contributed by atoms with E-state index in [0.29, 0.717) is 0 Å². The van der Waals surface area contributed by atoms with Crippen molar-refractivity contribution in [2.45, 2.75) is 43.9 Å². The van der Waals surface area contributed by atoms with Crippen LogP contribution < -0.4 is 5.32 Å². The van der Waals surface area contributed by atoms with Crippen LogP contribution in [-0.4, -0.2) is 35.6 Å². The Balaban J connectivity index is 2.05. The molecule has 84 valence electrons. The molecule has 0 aromatic carbocycles. The van der Waals surface area contributed by atoms with Gasteiger partial charge in [0.2, 0.25) is 0 Å². The van der Waals surface area contributed by atoms with E-state index in [9.17, 15) is 0 Å². The second kappa shape index (κ2) is 7.89. The second-order valence-electron chi connectivity index (χ2n) is 3.87. The van der Waals surface area contributed by atoms with Crippen molar-refractivity contribution in [3.63, 3.8) is 0 Å². The lowest BCUT2D eigenvalue weighted by atomic mass is 9.95. The number of hydrogen-bond donors (Lipinski definition) is 1. The van der Waals surface area contributed by atoms with Gasteiger partial charge in [-0.2, -0.15) is 23.5 Å². The first-order valence-corrected chi connectivity index (χ1v) is 8.15. The summed E-state index contributed by atoms with van der Waals surface area (Å²) < 4.78 is 0. The summed E-state index contributed by atoms with van der Waals surface area (Å²) in [6.45, 7) is 3.43. The van der Waals surface area contributed by atoms with E-state index >= 15 is 0 Å². The van der Waals surface area contributed by atoms with E-state index in [0.717, 1.165) is 11.3 Å². The van der Waals surface area contributed by atoms with Crippen LogP contribution in [0, 0.1) is 0 Å². The van der Waals surface area contributed by atoms with Crippen LogP contribution in [0.1, 0.15) is 32.6 Å². The summed E-state index contributed by atoms with van der Waals surface area (Å²) in [5.74, 6) is 2.52. The van der Waals surface area contributed by atoms with Gasteiger partial charge >= 0.3 is 0 Å². The smallest absolute Gasteiger partial charge is 0.00779 e. The minimum absolute atomic E-state index is 0.804. The van der Waals surface area contributed by atoms with Gasteiger partial charge in [0.15, 0.2) is 0 Å². The summed E-state index contributed by atoms with van der Waals surface area (Å²) in [7, 11) is 0. The Bertz CT molecular complexity index is 141. The van der Waals surface area contributed by atoms with Crippen LogP contribution in [0.2, 0.25) is 0 Å². The predicted octanol–water partition coefficient (Wildman–Crippen LogP) is 3.00. The lowest BCUT2D eigenvalue weighted by molar-refractivity contribution is 0.389. The third kappa shape index (κ3) is 4.94. The summed E-state index contributed by atoms with van der Waals surface area (Å²) in [4.78, 5) is 0. The molecule has 0 heterocycles. The highest BCUT2D eigenvalue weighted by atomic mass is 32.2. The van der Waals surface area contributed by atoms with Gasteiger partial charge < -0.3 is 5.32 Å². The molecule has 0 aliphatic heterocycles. The normalized spacial score (nSPS) is 27.9. The molecule has 1 aliphatic rings. The van der Waals surface area contributed by atoms with Crippen LogP contribution in [0.4, 0.5) is 0 Å². The van der Waals surface area contributed by atoms with Crippen molar-refractivity contribution >= 4 is 23.5 Å². The Kier molecular flexibility index (Phi) is 7.17. The van der Waals surface area contributed by atoms with E-state index in [2.05, 4.69) is 18.5 Å². The summed E-state index contributed by atoms with van der Waals surface area (Å²) in [6, 6.07) is 0.804. The van der Waals surface area contributed by atoms with Gasteiger partial charge in [-0.1, -0.05) is 13.3 Å². The number of rotatable bonds is 6. The van der Waals surface area contributed by atoms with Crippen LogP contribution in [-0.2, 0) is 0 Å².